The highest BCUT2D eigenvalue weighted by molar-refractivity contribution is 6.32. The number of piperidine rings is 1. The summed E-state index contributed by atoms with van der Waals surface area (Å²) < 4.78 is 36.5. The van der Waals surface area contributed by atoms with Crippen LogP contribution in [0.2, 0.25) is 5.02 Å². The molecule has 0 radical (unpaired) electrons. The molecule has 1 saturated heterocycles. The van der Waals surface area contributed by atoms with E-state index in [9.17, 15) is 19.4 Å². The normalized spacial score (nSPS) is 16.3. The first-order chi connectivity index (χ1) is 19.2. The van der Waals surface area contributed by atoms with E-state index in [0.717, 1.165) is 35.5 Å². The van der Waals surface area contributed by atoms with E-state index >= 15 is 0 Å². The third-order valence-electron chi connectivity index (χ3n) is 7.35. The van der Waals surface area contributed by atoms with E-state index in [2.05, 4.69) is 4.90 Å². The fourth-order valence-electron chi connectivity index (χ4n) is 5.18. The zero-order valence-corrected chi connectivity index (χ0v) is 24.0. The first-order valence-corrected chi connectivity index (χ1v) is 13.4. The summed E-state index contributed by atoms with van der Waals surface area (Å²) in [7, 11) is 1.59. The van der Waals surface area contributed by atoms with Gasteiger partial charge in [-0.15, -0.1) is 12.4 Å². The van der Waals surface area contributed by atoms with Gasteiger partial charge in [0.05, 0.1) is 12.1 Å². The topological polar surface area (TPSA) is 97.7 Å². The second kappa shape index (κ2) is 13.2. The molecule has 11 heteroatoms. The Morgan fingerprint density at radius 3 is 2.51 bits per heavy atom. The van der Waals surface area contributed by atoms with E-state index < -0.39 is 12.1 Å². The number of halogens is 3. The number of nitrogens with zero attached hydrogens (tertiary/aromatic N) is 1. The Balaban J connectivity index is 0.00000387. The molecule has 1 fully saturated rings. The number of likely N-dealkylation sites (tertiary alicyclic amines) is 1. The minimum atomic E-state index is -1.20. The van der Waals surface area contributed by atoms with Gasteiger partial charge in [-0.1, -0.05) is 23.7 Å². The molecule has 0 aromatic heterocycles. The monoisotopic (exact) mass is 607 g/mol. The van der Waals surface area contributed by atoms with E-state index in [0.29, 0.717) is 26.1 Å². The zero-order chi connectivity index (χ0) is 28.3. The van der Waals surface area contributed by atoms with Crippen LogP contribution in [0.3, 0.4) is 0 Å². The van der Waals surface area contributed by atoms with Crippen LogP contribution >= 0.6 is 24.0 Å². The number of carboxylic acid groups (broad SMARTS) is 1. The number of β-amino-alcohol motifs (C(OH)–C–C–N with tert-alkyl or cyclic N) is 1. The summed E-state index contributed by atoms with van der Waals surface area (Å²) in [6.07, 6.45) is 1.33. The molecule has 0 unspecified atom stereocenters. The Morgan fingerprint density at radius 1 is 1.10 bits per heavy atom. The first kappa shape index (κ1) is 30.7. The molecule has 2 heterocycles. The van der Waals surface area contributed by atoms with E-state index in [4.69, 9.17) is 30.5 Å². The quantitative estimate of drug-likeness (QED) is 0.316. The van der Waals surface area contributed by atoms with Crippen LogP contribution in [0, 0.1) is 5.82 Å². The van der Waals surface area contributed by atoms with Crippen molar-refractivity contribution in [2.24, 2.45) is 0 Å². The highest BCUT2D eigenvalue weighted by Gasteiger charge is 2.42. The molecule has 0 amide bonds. The Morgan fingerprint density at radius 2 is 1.83 bits per heavy atom. The summed E-state index contributed by atoms with van der Waals surface area (Å²) >= 11 is 6.29. The summed E-state index contributed by atoms with van der Waals surface area (Å²) in [5.74, 6) is 0.329. The maximum Gasteiger partial charge on any atom is 0.339 e. The van der Waals surface area contributed by atoms with Gasteiger partial charge in [-0.05, 0) is 42.0 Å². The van der Waals surface area contributed by atoms with Gasteiger partial charge >= 0.3 is 5.97 Å². The third-order valence-corrected chi connectivity index (χ3v) is 7.64. The lowest BCUT2D eigenvalue weighted by atomic mass is 9.87. The van der Waals surface area contributed by atoms with Gasteiger partial charge in [-0.25, -0.2) is 9.18 Å². The first-order valence-electron chi connectivity index (χ1n) is 13.1. The smallest absolute Gasteiger partial charge is 0.339 e. The van der Waals surface area contributed by atoms with Crippen LogP contribution < -0.4 is 18.9 Å². The number of aliphatic hydroxyl groups is 1. The number of aromatic carboxylic acids is 1. The average molecular weight is 608 g/mol. The van der Waals surface area contributed by atoms with Crippen molar-refractivity contribution < 1.29 is 38.3 Å². The van der Waals surface area contributed by atoms with Gasteiger partial charge in [0, 0.05) is 50.5 Å². The number of fused-ring (bicyclic) bond motifs is 1. The number of hydrogen-bond donors (Lipinski definition) is 2. The van der Waals surface area contributed by atoms with Gasteiger partial charge in [-0.2, -0.15) is 0 Å². The number of benzene rings is 3. The van der Waals surface area contributed by atoms with Crippen LogP contribution in [-0.4, -0.2) is 66.1 Å². The molecule has 0 aliphatic carbocycles. The highest BCUT2D eigenvalue weighted by Crippen LogP contribution is 2.41. The molecule has 2 N–H and O–H groups in total. The van der Waals surface area contributed by atoms with Crippen LogP contribution in [0.5, 0.6) is 23.0 Å². The van der Waals surface area contributed by atoms with Crippen LogP contribution in [0.15, 0.2) is 54.6 Å². The molecule has 2 aliphatic heterocycles. The molecule has 1 spiro atoms. The number of methoxy groups -OCH3 is 1. The summed E-state index contributed by atoms with van der Waals surface area (Å²) in [4.78, 5) is 13.9. The van der Waals surface area contributed by atoms with Crippen molar-refractivity contribution in [1.29, 1.82) is 0 Å². The Labute approximate surface area is 248 Å². The van der Waals surface area contributed by atoms with Crippen molar-refractivity contribution in [2.45, 2.75) is 37.6 Å². The van der Waals surface area contributed by atoms with Gasteiger partial charge < -0.3 is 34.1 Å². The lowest BCUT2D eigenvalue weighted by Crippen LogP contribution is -2.49. The molecule has 3 aromatic carbocycles. The SMILES string of the molecule is COc1ccc(COc2cc(OC[C@H](O)CN3CCC4(CC3)Cc3cc(F)ccc3O4)c(C(=O)O)cc2Cl)cc1.Cl. The summed E-state index contributed by atoms with van der Waals surface area (Å²) in [6, 6.07) is 14.7. The second-order valence-corrected chi connectivity index (χ2v) is 10.6. The minimum Gasteiger partial charge on any atom is -0.497 e. The maximum absolute atomic E-state index is 13.6. The van der Waals surface area contributed by atoms with Crippen LogP contribution in [0.25, 0.3) is 0 Å². The lowest BCUT2D eigenvalue weighted by Gasteiger charge is -2.39. The van der Waals surface area contributed by atoms with Gasteiger partial charge in [0.1, 0.15) is 59.3 Å². The van der Waals surface area contributed by atoms with Crippen molar-refractivity contribution in [3.63, 3.8) is 0 Å². The van der Waals surface area contributed by atoms with E-state index in [1.165, 1.54) is 24.3 Å². The van der Waals surface area contributed by atoms with Crippen molar-refractivity contribution in [3.05, 3.63) is 82.1 Å². The lowest BCUT2D eigenvalue weighted by molar-refractivity contribution is -0.00204. The molecule has 220 valence electrons. The maximum atomic E-state index is 13.6. The molecular weight excluding hydrogens is 576 g/mol. The van der Waals surface area contributed by atoms with Crippen molar-refractivity contribution in [1.82, 2.24) is 4.90 Å². The molecule has 2 aliphatic rings. The highest BCUT2D eigenvalue weighted by atomic mass is 35.5. The predicted molar refractivity (Wildman–Crippen MR) is 154 cm³/mol. The number of carboxylic acids is 1. The Bertz CT molecular complexity index is 1360. The van der Waals surface area contributed by atoms with Gasteiger partial charge in [-0.3, -0.25) is 0 Å². The van der Waals surface area contributed by atoms with Crippen LogP contribution in [-0.2, 0) is 13.0 Å². The van der Waals surface area contributed by atoms with E-state index in [-0.39, 0.29) is 59.1 Å². The molecule has 5 rings (SSSR count). The van der Waals surface area contributed by atoms with E-state index in [1.54, 1.807) is 13.2 Å². The molecular formula is C30H32Cl2FNO7. The zero-order valence-electron chi connectivity index (χ0n) is 22.5. The Hall–Kier alpha value is -3.24. The van der Waals surface area contributed by atoms with Crippen molar-refractivity contribution >= 4 is 30.0 Å². The largest absolute Gasteiger partial charge is 0.497 e. The molecule has 1 atom stereocenters. The number of carbonyl (C=O) groups is 1. The van der Waals surface area contributed by atoms with Crippen LogP contribution in [0.1, 0.15) is 34.3 Å². The number of rotatable bonds is 10. The summed E-state index contributed by atoms with van der Waals surface area (Å²) in [5, 5.41) is 20.5. The van der Waals surface area contributed by atoms with Gasteiger partial charge in [0.15, 0.2) is 0 Å². The van der Waals surface area contributed by atoms with Crippen molar-refractivity contribution in [3.8, 4) is 23.0 Å². The number of ether oxygens (including phenoxy) is 4. The van der Waals surface area contributed by atoms with Crippen molar-refractivity contribution in [2.75, 3.05) is 33.4 Å². The summed E-state index contributed by atoms with van der Waals surface area (Å²) in [5.41, 5.74) is 1.31. The molecule has 3 aromatic rings. The molecule has 0 saturated carbocycles. The van der Waals surface area contributed by atoms with E-state index in [1.807, 2.05) is 24.3 Å². The fraction of sp³-hybridized carbons (Fsp3) is 0.367. The molecule has 0 bridgehead atoms. The summed E-state index contributed by atoms with van der Waals surface area (Å²) in [6.45, 7) is 1.87. The predicted octanol–water partition coefficient (Wildman–Crippen LogP) is 5.40. The van der Waals surface area contributed by atoms with Gasteiger partial charge in [0.25, 0.3) is 0 Å². The second-order valence-electron chi connectivity index (χ2n) is 10.2. The van der Waals surface area contributed by atoms with Crippen LogP contribution in [0.4, 0.5) is 4.39 Å². The number of hydrogen-bond acceptors (Lipinski definition) is 7. The Kier molecular flexibility index (Phi) is 9.86. The number of aliphatic hydroxyl groups excluding tert-OH is 1. The molecule has 41 heavy (non-hydrogen) atoms. The van der Waals surface area contributed by atoms with Gasteiger partial charge in [0.2, 0.25) is 0 Å². The fourth-order valence-corrected chi connectivity index (χ4v) is 5.39. The minimum absolute atomic E-state index is 0. The average Bonchev–Trinajstić information content (AvgIpc) is 3.29. The standard InChI is InChI=1S/C30H31ClFNO7.ClH/c1-37-23-5-2-19(3-6-23)17-38-28-14-27(24(29(35)36)13-25(28)31)39-18-22(34)16-33-10-8-30(9-11-33)15-20-12-21(32)4-7-26(20)40-30;/h2-7,12-14,22,34H,8-11,15-18H2,1H3,(H,35,36);1H/t22-;/m1./s1. The third kappa shape index (κ3) is 7.35. The molecule has 8 nitrogen and oxygen atoms in total.